The molecule has 3 aromatic carbocycles. The fourth-order valence-corrected chi connectivity index (χ4v) is 2.46. The molecule has 5 nitrogen and oxygen atoms in total. The Labute approximate surface area is 151 Å². The Balaban J connectivity index is 1.75. The largest absolute Gasteiger partial charge is 0.457 e. The highest BCUT2D eigenvalue weighted by Gasteiger charge is 2.13. The predicted molar refractivity (Wildman–Crippen MR) is 100 cm³/mol. The van der Waals surface area contributed by atoms with Gasteiger partial charge in [0.05, 0.1) is 12.0 Å². The van der Waals surface area contributed by atoms with Crippen molar-refractivity contribution in [1.82, 2.24) is 0 Å². The van der Waals surface area contributed by atoms with Crippen molar-refractivity contribution in [3.63, 3.8) is 0 Å². The maximum Gasteiger partial charge on any atom is 0.259 e. The van der Waals surface area contributed by atoms with E-state index in [0.717, 1.165) is 5.56 Å². The summed E-state index contributed by atoms with van der Waals surface area (Å²) >= 11 is 0. The molecule has 3 rings (SSSR count). The number of rotatable bonds is 6. The van der Waals surface area contributed by atoms with E-state index in [1.807, 2.05) is 36.4 Å². The lowest BCUT2D eigenvalue weighted by atomic mass is 10.1. The molecule has 130 valence electrons. The number of amides is 2. The molecule has 0 unspecified atom stereocenters. The summed E-state index contributed by atoms with van der Waals surface area (Å²) in [5.41, 5.74) is 7.02. The van der Waals surface area contributed by atoms with Crippen LogP contribution in [-0.2, 0) is 11.2 Å². The normalized spacial score (nSPS) is 10.2. The van der Waals surface area contributed by atoms with Crippen LogP contribution in [0.15, 0.2) is 78.9 Å². The molecular weight excluding hydrogens is 328 g/mol. The van der Waals surface area contributed by atoms with Crippen molar-refractivity contribution in [2.75, 3.05) is 5.32 Å². The number of primary amides is 1. The Morgan fingerprint density at radius 2 is 1.50 bits per heavy atom. The summed E-state index contributed by atoms with van der Waals surface area (Å²) in [4.78, 5) is 23.6. The molecule has 0 aliphatic carbocycles. The molecule has 0 bridgehead atoms. The highest BCUT2D eigenvalue weighted by molar-refractivity contribution is 6.06. The average Bonchev–Trinajstić information content (AvgIpc) is 2.64. The van der Waals surface area contributed by atoms with E-state index in [4.69, 9.17) is 10.5 Å². The van der Waals surface area contributed by atoms with Crippen LogP contribution in [0.5, 0.6) is 11.5 Å². The highest BCUT2D eigenvalue weighted by Crippen LogP contribution is 2.25. The van der Waals surface area contributed by atoms with Crippen LogP contribution < -0.4 is 15.8 Å². The van der Waals surface area contributed by atoms with E-state index in [0.29, 0.717) is 22.7 Å². The van der Waals surface area contributed by atoms with Gasteiger partial charge < -0.3 is 15.8 Å². The highest BCUT2D eigenvalue weighted by atomic mass is 16.5. The fourth-order valence-electron chi connectivity index (χ4n) is 2.46. The second kappa shape index (κ2) is 7.98. The van der Waals surface area contributed by atoms with Crippen LogP contribution >= 0.6 is 0 Å². The number of ether oxygens (including phenoxy) is 1. The van der Waals surface area contributed by atoms with Crippen LogP contribution in [0, 0.1) is 0 Å². The van der Waals surface area contributed by atoms with Crippen molar-refractivity contribution >= 4 is 17.5 Å². The number of para-hydroxylation sites is 2. The summed E-state index contributed by atoms with van der Waals surface area (Å²) in [7, 11) is 0. The zero-order valence-electron chi connectivity index (χ0n) is 14.0. The molecule has 5 heteroatoms. The average molecular weight is 346 g/mol. The van der Waals surface area contributed by atoms with Crippen molar-refractivity contribution in [1.29, 1.82) is 0 Å². The number of benzene rings is 3. The Morgan fingerprint density at radius 3 is 2.19 bits per heavy atom. The van der Waals surface area contributed by atoms with Crippen molar-refractivity contribution in [3.8, 4) is 11.5 Å². The van der Waals surface area contributed by atoms with E-state index >= 15 is 0 Å². The molecule has 0 saturated heterocycles. The van der Waals surface area contributed by atoms with Gasteiger partial charge in [0.25, 0.3) is 5.91 Å². The first kappa shape index (κ1) is 17.2. The number of hydrogen-bond acceptors (Lipinski definition) is 3. The van der Waals surface area contributed by atoms with Gasteiger partial charge in [-0.2, -0.15) is 0 Å². The van der Waals surface area contributed by atoms with Crippen molar-refractivity contribution in [2.45, 2.75) is 6.42 Å². The van der Waals surface area contributed by atoms with Crippen LogP contribution in [0.3, 0.4) is 0 Å². The lowest BCUT2D eigenvalue weighted by molar-refractivity contribution is -0.117. The summed E-state index contributed by atoms with van der Waals surface area (Å²) in [5.74, 6) is 0.457. The zero-order chi connectivity index (χ0) is 18.4. The van der Waals surface area contributed by atoms with Crippen LogP contribution in [0.2, 0.25) is 0 Å². The maximum atomic E-state index is 12.6. The molecule has 3 aromatic rings. The zero-order valence-corrected chi connectivity index (χ0v) is 14.0. The van der Waals surface area contributed by atoms with E-state index < -0.39 is 5.91 Å². The second-order valence-corrected chi connectivity index (χ2v) is 5.71. The maximum absolute atomic E-state index is 12.6. The van der Waals surface area contributed by atoms with Gasteiger partial charge in [-0.25, -0.2) is 0 Å². The molecule has 0 heterocycles. The van der Waals surface area contributed by atoms with E-state index in [1.165, 1.54) is 0 Å². The van der Waals surface area contributed by atoms with Gasteiger partial charge in [-0.3, -0.25) is 9.59 Å². The van der Waals surface area contributed by atoms with E-state index in [9.17, 15) is 9.59 Å². The SMILES string of the molecule is NC(=O)Cc1ccc(NC(=O)c2ccccc2Oc2ccccc2)cc1. The number of hydrogen-bond donors (Lipinski definition) is 2. The van der Waals surface area contributed by atoms with Gasteiger partial charge >= 0.3 is 0 Å². The molecular formula is C21H18N2O3. The minimum Gasteiger partial charge on any atom is -0.457 e. The number of nitrogens with two attached hydrogens (primary N) is 1. The lowest BCUT2D eigenvalue weighted by Crippen LogP contribution is -2.14. The van der Waals surface area contributed by atoms with Crippen LogP contribution in [0.25, 0.3) is 0 Å². The van der Waals surface area contributed by atoms with Gasteiger partial charge in [0, 0.05) is 5.69 Å². The number of nitrogens with one attached hydrogen (secondary N) is 1. The van der Waals surface area contributed by atoms with Gasteiger partial charge in [-0.1, -0.05) is 42.5 Å². The minimum absolute atomic E-state index is 0.169. The van der Waals surface area contributed by atoms with Crippen molar-refractivity contribution < 1.29 is 14.3 Å². The monoisotopic (exact) mass is 346 g/mol. The van der Waals surface area contributed by atoms with Crippen LogP contribution in [-0.4, -0.2) is 11.8 Å². The summed E-state index contributed by atoms with van der Waals surface area (Å²) in [6.07, 6.45) is 0.169. The molecule has 0 radical (unpaired) electrons. The van der Waals surface area contributed by atoms with Gasteiger partial charge in [0.1, 0.15) is 11.5 Å². The van der Waals surface area contributed by atoms with E-state index in [1.54, 1.807) is 42.5 Å². The van der Waals surface area contributed by atoms with Gasteiger partial charge in [-0.15, -0.1) is 0 Å². The Kier molecular flexibility index (Phi) is 5.29. The van der Waals surface area contributed by atoms with Gasteiger partial charge in [0.15, 0.2) is 0 Å². The van der Waals surface area contributed by atoms with E-state index in [2.05, 4.69) is 5.32 Å². The third-order valence-corrected chi connectivity index (χ3v) is 3.69. The third-order valence-electron chi connectivity index (χ3n) is 3.69. The molecule has 0 saturated carbocycles. The number of anilines is 1. The molecule has 0 aromatic heterocycles. The summed E-state index contributed by atoms with van der Waals surface area (Å²) in [6, 6.07) is 23.3. The quantitative estimate of drug-likeness (QED) is 0.713. The summed E-state index contributed by atoms with van der Waals surface area (Å²) in [6.45, 7) is 0. The minimum atomic E-state index is -0.395. The van der Waals surface area contributed by atoms with Gasteiger partial charge in [-0.05, 0) is 42.0 Å². The van der Waals surface area contributed by atoms with Crippen LogP contribution in [0.1, 0.15) is 15.9 Å². The molecule has 0 fully saturated rings. The summed E-state index contributed by atoms with van der Waals surface area (Å²) < 4.78 is 5.82. The molecule has 0 aliphatic rings. The standard InChI is InChI=1S/C21H18N2O3/c22-20(24)14-15-10-12-16(13-11-15)23-21(25)18-8-4-5-9-19(18)26-17-6-2-1-3-7-17/h1-13H,14H2,(H2,22,24)(H,23,25). The molecule has 0 aliphatic heterocycles. The number of carbonyl (C=O) groups excluding carboxylic acids is 2. The van der Waals surface area contributed by atoms with Crippen molar-refractivity contribution in [2.24, 2.45) is 5.73 Å². The van der Waals surface area contributed by atoms with Crippen molar-refractivity contribution in [3.05, 3.63) is 90.0 Å². The smallest absolute Gasteiger partial charge is 0.259 e. The summed E-state index contributed by atoms with van der Waals surface area (Å²) in [5, 5.41) is 2.83. The third kappa shape index (κ3) is 4.48. The topological polar surface area (TPSA) is 81.4 Å². The lowest BCUT2D eigenvalue weighted by Gasteiger charge is -2.11. The van der Waals surface area contributed by atoms with Gasteiger partial charge in [0.2, 0.25) is 5.91 Å². The fraction of sp³-hybridized carbons (Fsp3) is 0.0476. The molecule has 2 amide bonds. The molecule has 0 atom stereocenters. The second-order valence-electron chi connectivity index (χ2n) is 5.71. The molecule has 26 heavy (non-hydrogen) atoms. The first-order valence-electron chi connectivity index (χ1n) is 8.12. The Bertz CT molecular complexity index is 906. The van der Waals surface area contributed by atoms with E-state index in [-0.39, 0.29) is 12.3 Å². The first-order chi connectivity index (χ1) is 12.6. The van der Waals surface area contributed by atoms with Crippen LogP contribution in [0.4, 0.5) is 5.69 Å². The molecule has 0 spiro atoms. The first-order valence-corrected chi connectivity index (χ1v) is 8.12. The predicted octanol–water partition coefficient (Wildman–Crippen LogP) is 3.76. The number of carbonyl (C=O) groups is 2. The Morgan fingerprint density at radius 1 is 0.846 bits per heavy atom. The Hall–Kier alpha value is -3.60. The molecule has 3 N–H and O–H groups in total.